The number of pyridine rings is 1. The summed E-state index contributed by atoms with van der Waals surface area (Å²) in [6, 6.07) is 7.69. The van der Waals surface area contributed by atoms with Crippen LogP contribution in [0.5, 0.6) is 0 Å². The summed E-state index contributed by atoms with van der Waals surface area (Å²) < 4.78 is 0.917. The number of carbonyl (C=O) groups is 1. The van der Waals surface area contributed by atoms with E-state index in [2.05, 4.69) is 35.1 Å². The Kier molecular flexibility index (Phi) is 6.82. The maximum atomic E-state index is 11.9. The highest BCUT2D eigenvalue weighted by Crippen LogP contribution is 2.28. The molecule has 2 aromatic rings. The van der Waals surface area contributed by atoms with E-state index in [1.165, 1.54) is 0 Å². The molecule has 0 saturated heterocycles. The smallest absolute Gasteiger partial charge is 0.251 e. The molecule has 1 unspecified atom stereocenters. The van der Waals surface area contributed by atoms with Crippen LogP contribution in [0.15, 0.2) is 28.7 Å². The number of aromatic nitrogens is 1. The lowest BCUT2D eigenvalue weighted by molar-refractivity contribution is 0.0964. The molecule has 1 amide bonds. The number of rotatable bonds is 3. The molecule has 0 aliphatic carbocycles. The van der Waals surface area contributed by atoms with Gasteiger partial charge < -0.3 is 5.32 Å². The van der Waals surface area contributed by atoms with Gasteiger partial charge in [0.2, 0.25) is 0 Å². The molecule has 1 atom stereocenters. The molecule has 1 N–H and O–H groups in total. The molecule has 0 saturated carbocycles. The number of carbonyl (C=O) groups excluding carboxylic acids is 1. The van der Waals surface area contributed by atoms with E-state index < -0.39 is 0 Å². The summed E-state index contributed by atoms with van der Waals surface area (Å²) in [4.78, 5) is 16.6. The van der Waals surface area contributed by atoms with Crippen LogP contribution in [-0.2, 0) is 0 Å². The number of benzene rings is 1. The summed E-state index contributed by atoms with van der Waals surface area (Å²) >= 11 is 3.51. The standard InChI is InChI=1S/C15H17BrN2O.C2H6/c1-4-9(2)13-8-6-10-11(15(19)17-3)5-7-12(16)14(10)18-13;1-2/h5-9H,4H2,1-3H3,(H,17,19);1-2H3. The van der Waals surface area contributed by atoms with E-state index in [0.29, 0.717) is 11.5 Å². The highest BCUT2D eigenvalue weighted by atomic mass is 79.9. The number of nitrogens with zero attached hydrogens (tertiary/aromatic N) is 1. The number of fused-ring (bicyclic) bond motifs is 1. The van der Waals surface area contributed by atoms with Gasteiger partial charge in [-0.3, -0.25) is 9.78 Å². The predicted molar refractivity (Wildman–Crippen MR) is 92.9 cm³/mol. The van der Waals surface area contributed by atoms with Gasteiger partial charge in [0.05, 0.1) is 5.52 Å². The second kappa shape index (κ2) is 8.13. The predicted octanol–water partition coefficient (Wildman–Crippen LogP) is 4.90. The van der Waals surface area contributed by atoms with Crippen LogP contribution in [0.3, 0.4) is 0 Å². The van der Waals surface area contributed by atoms with E-state index in [4.69, 9.17) is 4.98 Å². The maximum Gasteiger partial charge on any atom is 0.251 e. The third kappa shape index (κ3) is 3.82. The Balaban J connectivity index is 0.00000106. The zero-order chi connectivity index (χ0) is 16.0. The topological polar surface area (TPSA) is 42.0 Å². The van der Waals surface area contributed by atoms with E-state index >= 15 is 0 Å². The molecule has 1 aromatic carbocycles. The van der Waals surface area contributed by atoms with Crippen LogP contribution >= 0.6 is 15.9 Å². The fourth-order valence-electron chi connectivity index (χ4n) is 2.02. The molecule has 0 aliphatic rings. The second-order valence-corrected chi connectivity index (χ2v) is 5.47. The summed E-state index contributed by atoms with van der Waals surface area (Å²) in [6.45, 7) is 8.30. The lowest BCUT2D eigenvalue weighted by Crippen LogP contribution is -2.18. The molecular weight excluding hydrogens is 328 g/mol. The van der Waals surface area contributed by atoms with E-state index in [0.717, 1.165) is 27.5 Å². The van der Waals surface area contributed by atoms with Crippen LogP contribution in [0.1, 0.15) is 56.1 Å². The Morgan fingerprint density at radius 1 is 1.29 bits per heavy atom. The normalized spacial score (nSPS) is 11.5. The molecule has 0 bridgehead atoms. The first kappa shape index (κ1) is 17.6. The SMILES string of the molecule is CC.CCC(C)c1ccc2c(C(=O)NC)ccc(Br)c2n1. The summed E-state index contributed by atoms with van der Waals surface area (Å²) in [5.74, 6) is 0.329. The van der Waals surface area contributed by atoms with Crippen molar-refractivity contribution in [3.8, 4) is 0 Å². The lowest BCUT2D eigenvalue weighted by atomic mass is 10.0. The molecule has 0 fully saturated rings. The van der Waals surface area contributed by atoms with Crippen molar-refractivity contribution in [2.75, 3.05) is 7.05 Å². The van der Waals surface area contributed by atoms with Crippen LogP contribution in [0.4, 0.5) is 0 Å². The van der Waals surface area contributed by atoms with Gasteiger partial charge in [0.1, 0.15) is 0 Å². The average Bonchev–Trinajstić information content (AvgIpc) is 2.55. The van der Waals surface area contributed by atoms with Gasteiger partial charge in [-0.1, -0.05) is 33.8 Å². The number of amides is 1. The zero-order valence-corrected chi connectivity index (χ0v) is 14.9. The highest BCUT2D eigenvalue weighted by molar-refractivity contribution is 9.10. The Labute approximate surface area is 135 Å². The molecule has 1 heterocycles. The van der Waals surface area contributed by atoms with Crippen molar-refractivity contribution in [2.24, 2.45) is 0 Å². The van der Waals surface area contributed by atoms with Crippen LogP contribution in [0, 0.1) is 0 Å². The zero-order valence-electron chi connectivity index (χ0n) is 13.3. The third-order valence-corrected chi connectivity index (χ3v) is 4.06. The molecule has 0 aliphatic heterocycles. The first-order valence-corrected chi connectivity index (χ1v) is 8.19. The van der Waals surface area contributed by atoms with Gasteiger partial charge in [-0.05, 0) is 46.5 Å². The second-order valence-electron chi connectivity index (χ2n) is 4.62. The summed E-state index contributed by atoms with van der Waals surface area (Å²) in [7, 11) is 1.64. The van der Waals surface area contributed by atoms with Crippen LogP contribution < -0.4 is 5.32 Å². The van der Waals surface area contributed by atoms with Crippen molar-refractivity contribution in [2.45, 2.75) is 40.0 Å². The Bertz CT molecular complexity index is 625. The molecular formula is C17H23BrN2O. The summed E-state index contributed by atoms with van der Waals surface area (Å²) in [5, 5.41) is 3.54. The fourth-order valence-corrected chi connectivity index (χ4v) is 2.45. The molecule has 1 aromatic heterocycles. The quantitative estimate of drug-likeness (QED) is 0.855. The Hall–Kier alpha value is -1.42. The van der Waals surface area contributed by atoms with E-state index in [9.17, 15) is 4.79 Å². The Morgan fingerprint density at radius 2 is 1.95 bits per heavy atom. The van der Waals surface area contributed by atoms with Crippen LogP contribution in [0.2, 0.25) is 0 Å². The first-order chi connectivity index (χ1) is 10.1. The van der Waals surface area contributed by atoms with Gasteiger partial charge in [0.15, 0.2) is 0 Å². The van der Waals surface area contributed by atoms with Crippen molar-refractivity contribution in [1.82, 2.24) is 10.3 Å². The van der Waals surface area contributed by atoms with Gasteiger partial charge in [0.25, 0.3) is 5.91 Å². The summed E-state index contributed by atoms with van der Waals surface area (Å²) in [5.41, 5.74) is 2.56. The van der Waals surface area contributed by atoms with Crippen molar-refractivity contribution in [3.05, 3.63) is 40.0 Å². The Morgan fingerprint density at radius 3 is 2.52 bits per heavy atom. The monoisotopic (exact) mass is 350 g/mol. The van der Waals surface area contributed by atoms with Gasteiger partial charge in [-0.15, -0.1) is 0 Å². The summed E-state index contributed by atoms with van der Waals surface area (Å²) in [6.07, 6.45) is 1.05. The largest absolute Gasteiger partial charge is 0.355 e. The number of nitrogens with one attached hydrogen (secondary N) is 1. The van der Waals surface area contributed by atoms with Crippen LogP contribution in [0.25, 0.3) is 10.9 Å². The van der Waals surface area contributed by atoms with E-state index in [1.54, 1.807) is 7.05 Å². The van der Waals surface area contributed by atoms with E-state index in [1.807, 2.05) is 38.1 Å². The molecule has 4 heteroatoms. The molecule has 2 rings (SSSR count). The number of hydrogen-bond acceptors (Lipinski definition) is 2. The van der Waals surface area contributed by atoms with Crippen molar-refractivity contribution in [1.29, 1.82) is 0 Å². The minimum absolute atomic E-state index is 0.0874. The minimum atomic E-state index is -0.0874. The highest BCUT2D eigenvalue weighted by Gasteiger charge is 2.13. The fraction of sp³-hybridized carbons (Fsp3) is 0.412. The van der Waals surface area contributed by atoms with Crippen LogP contribution in [-0.4, -0.2) is 17.9 Å². The molecule has 114 valence electrons. The van der Waals surface area contributed by atoms with Gasteiger partial charge in [0, 0.05) is 28.2 Å². The first-order valence-electron chi connectivity index (χ1n) is 7.39. The average molecular weight is 351 g/mol. The van der Waals surface area contributed by atoms with Crippen molar-refractivity contribution < 1.29 is 4.79 Å². The van der Waals surface area contributed by atoms with Gasteiger partial charge >= 0.3 is 0 Å². The van der Waals surface area contributed by atoms with Gasteiger partial charge in [-0.2, -0.15) is 0 Å². The van der Waals surface area contributed by atoms with Crippen molar-refractivity contribution in [3.63, 3.8) is 0 Å². The van der Waals surface area contributed by atoms with Crippen molar-refractivity contribution >= 4 is 32.7 Å². The van der Waals surface area contributed by atoms with E-state index in [-0.39, 0.29) is 5.91 Å². The minimum Gasteiger partial charge on any atom is -0.355 e. The molecule has 3 nitrogen and oxygen atoms in total. The maximum absolute atomic E-state index is 11.9. The lowest BCUT2D eigenvalue weighted by Gasteiger charge is -2.11. The molecule has 21 heavy (non-hydrogen) atoms. The number of hydrogen-bond donors (Lipinski definition) is 1. The van der Waals surface area contributed by atoms with Gasteiger partial charge in [-0.25, -0.2) is 0 Å². The molecule has 0 radical (unpaired) electrons. The third-order valence-electron chi connectivity index (χ3n) is 3.42. The number of halogens is 1. The molecule has 0 spiro atoms.